The molecule has 0 aromatic carbocycles. The SMILES string of the molecule is CCNCc1cccc(NC2CC2)n1. The number of aromatic nitrogens is 1. The molecule has 0 atom stereocenters. The Hall–Kier alpha value is -1.09. The second-order valence-electron chi connectivity index (χ2n) is 3.71. The molecule has 76 valence electrons. The van der Waals surface area contributed by atoms with Gasteiger partial charge in [-0.05, 0) is 31.5 Å². The van der Waals surface area contributed by atoms with E-state index in [0.717, 1.165) is 24.6 Å². The molecule has 0 radical (unpaired) electrons. The van der Waals surface area contributed by atoms with E-state index in [1.807, 2.05) is 6.07 Å². The second kappa shape index (κ2) is 4.42. The predicted octanol–water partition coefficient (Wildman–Crippen LogP) is 1.77. The maximum atomic E-state index is 4.52. The first-order chi connectivity index (χ1) is 6.88. The highest BCUT2D eigenvalue weighted by molar-refractivity contribution is 5.37. The minimum Gasteiger partial charge on any atom is -0.367 e. The van der Waals surface area contributed by atoms with Gasteiger partial charge >= 0.3 is 0 Å². The van der Waals surface area contributed by atoms with Crippen LogP contribution in [0.15, 0.2) is 18.2 Å². The fourth-order valence-electron chi connectivity index (χ4n) is 1.35. The normalized spacial score (nSPS) is 15.5. The van der Waals surface area contributed by atoms with Gasteiger partial charge in [-0.15, -0.1) is 0 Å². The lowest BCUT2D eigenvalue weighted by atomic mass is 10.3. The van der Waals surface area contributed by atoms with E-state index in [1.54, 1.807) is 0 Å². The van der Waals surface area contributed by atoms with E-state index in [9.17, 15) is 0 Å². The molecule has 1 aliphatic rings. The van der Waals surface area contributed by atoms with Crippen LogP contribution in [0, 0.1) is 0 Å². The second-order valence-corrected chi connectivity index (χ2v) is 3.71. The van der Waals surface area contributed by atoms with Gasteiger partial charge in [0.05, 0.1) is 5.69 Å². The Balaban J connectivity index is 1.94. The van der Waals surface area contributed by atoms with Crippen molar-refractivity contribution in [2.24, 2.45) is 0 Å². The maximum Gasteiger partial charge on any atom is 0.126 e. The van der Waals surface area contributed by atoms with Gasteiger partial charge in [-0.2, -0.15) is 0 Å². The number of nitrogens with zero attached hydrogens (tertiary/aromatic N) is 1. The summed E-state index contributed by atoms with van der Waals surface area (Å²) in [7, 11) is 0. The van der Waals surface area contributed by atoms with E-state index in [1.165, 1.54) is 12.8 Å². The Morgan fingerprint density at radius 3 is 3.00 bits per heavy atom. The fraction of sp³-hybridized carbons (Fsp3) is 0.545. The van der Waals surface area contributed by atoms with Gasteiger partial charge in [0, 0.05) is 12.6 Å². The van der Waals surface area contributed by atoms with E-state index in [4.69, 9.17) is 0 Å². The van der Waals surface area contributed by atoms with Gasteiger partial charge < -0.3 is 10.6 Å². The van der Waals surface area contributed by atoms with Crippen LogP contribution in [0.25, 0.3) is 0 Å². The van der Waals surface area contributed by atoms with Crippen molar-refractivity contribution in [1.29, 1.82) is 0 Å². The quantitative estimate of drug-likeness (QED) is 0.744. The molecule has 1 aromatic rings. The summed E-state index contributed by atoms with van der Waals surface area (Å²) >= 11 is 0. The lowest BCUT2D eigenvalue weighted by Crippen LogP contribution is -2.13. The predicted molar refractivity (Wildman–Crippen MR) is 58.3 cm³/mol. The third-order valence-corrected chi connectivity index (χ3v) is 2.29. The van der Waals surface area contributed by atoms with Gasteiger partial charge in [-0.25, -0.2) is 4.98 Å². The molecule has 0 saturated heterocycles. The van der Waals surface area contributed by atoms with Crippen molar-refractivity contribution in [3.05, 3.63) is 23.9 Å². The van der Waals surface area contributed by atoms with Crippen LogP contribution in [0.3, 0.4) is 0 Å². The highest BCUT2D eigenvalue weighted by atomic mass is 15.0. The molecule has 1 heterocycles. The number of hydrogen-bond acceptors (Lipinski definition) is 3. The highest BCUT2D eigenvalue weighted by Crippen LogP contribution is 2.23. The summed E-state index contributed by atoms with van der Waals surface area (Å²) in [4.78, 5) is 4.52. The van der Waals surface area contributed by atoms with Crippen molar-refractivity contribution >= 4 is 5.82 Å². The van der Waals surface area contributed by atoms with Crippen molar-refractivity contribution in [1.82, 2.24) is 10.3 Å². The van der Waals surface area contributed by atoms with Crippen molar-refractivity contribution in [2.45, 2.75) is 32.4 Å². The summed E-state index contributed by atoms with van der Waals surface area (Å²) in [6, 6.07) is 6.83. The fourth-order valence-corrected chi connectivity index (χ4v) is 1.35. The molecule has 1 aliphatic carbocycles. The number of hydrogen-bond donors (Lipinski definition) is 2. The van der Waals surface area contributed by atoms with Crippen LogP contribution in [0.1, 0.15) is 25.5 Å². The third-order valence-electron chi connectivity index (χ3n) is 2.29. The lowest BCUT2D eigenvalue weighted by molar-refractivity contribution is 0.711. The molecular formula is C11H17N3. The summed E-state index contributed by atoms with van der Waals surface area (Å²) in [5, 5.41) is 6.66. The Bertz CT molecular complexity index is 294. The molecule has 3 heteroatoms. The molecule has 2 N–H and O–H groups in total. The topological polar surface area (TPSA) is 37.0 Å². The van der Waals surface area contributed by atoms with Gasteiger partial charge in [0.2, 0.25) is 0 Å². The maximum absolute atomic E-state index is 4.52. The Kier molecular flexibility index (Phi) is 2.99. The van der Waals surface area contributed by atoms with Gasteiger partial charge in [-0.1, -0.05) is 13.0 Å². The number of nitrogens with one attached hydrogen (secondary N) is 2. The molecule has 3 nitrogen and oxygen atoms in total. The summed E-state index contributed by atoms with van der Waals surface area (Å²) in [6.45, 7) is 3.95. The third kappa shape index (κ3) is 2.70. The zero-order valence-corrected chi connectivity index (χ0v) is 8.59. The van der Waals surface area contributed by atoms with Crippen LogP contribution in [0.5, 0.6) is 0 Å². The molecule has 0 amide bonds. The van der Waals surface area contributed by atoms with Crippen LogP contribution in [-0.2, 0) is 6.54 Å². The van der Waals surface area contributed by atoms with Crippen LogP contribution < -0.4 is 10.6 Å². The first-order valence-corrected chi connectivity index (χ1v) is 5.31. The molecule has 1 fully saturated rings. The summed E-state index contributed by atoms with van der Waals surface area (Å²) in [5.41, 5.74) is 1.11. The van der Waals surface area contributed by atoms with E-state index < -0.39 is 0 Å². The molecule has 2 rings (SSSR count). The smallest absolute Gasteiger partial charge is 0.126 e. The van der Waals surface area contributed by atoms with Crippen LogP contribution in [0.2, 0.25) is 0 Å². The number of rotatable bonds is 5. The first-order valence-electron chi connectivity index (χ1n) is 5.31. The van der Waals surface area contributed by atoms with E-state index in [0.29, 0.717) is 6.04 Å². The summed E-state index contributed by atoms with van der Waals surface area (Å²) in [5.74, 6) is 1.02. The zero-order valence-electron chi connectivity index (χ0n) is 8.59. The molecule has 0 bridgehead atoms. The van der Waals surface area contributed by atoms with Gasteiger partial charge in [-0.3, -0.25) is 0 Å². The Labute approximate surface area is 84.9 Å². The molecule has 0 spiro atoms. The highest BCUT2D eigenvalue weighted by Gasteiger charge is 2.21. The molecule has 1 saturated carbocycles. The minimum atomic E-state index is 0.678. The van der Waals surface area contributed by atoms with Gasteiger partial charge in [0.1, 0.15) is 5.82 Å². The minimum absolute atomic E-state index is 0.678. The number of pyridine rings is 1. The van der Waals surface area contributed by atoms with Crippen LogP contribution >= 0.6 is 0 Å². The van der Waals surface area contributed by atoms with E-state index >= 15 is 0 Å². The van der Waals surface area contributed by atoms with Crippen molar-refractivity contribution < 1.29 is 0 Å². The lowest BCUT2D eigenvalue weighted by Gasteiger charge is -2.06. The van der Waals surface area contributed by atoms with E-state index in [2.05, 4.69) is 34.7 Å². The van der Waals surface area contributed by atoms with Gasteiger partial charge in [0.15, 0.2) is 0 Å². The molecule has 0 aliphatic heterocycles. The van der Waals surface area contributed by atoms with Crippen molar-refractivity contribution in [3.8, 4) is 0 Å². The van der Waals surface area contributed by atoms with Crippen LogP contribution in [-0.4, -0.2) is 17.6 Å². The van der Waals surface area contributed by atoms with Crippen molar-refractivity contribution in [2.75, 3.05) is 11.9 Å². The first kappa shape index (κ1) is 9.46. The summed E-state index contributed by atoms with van der Waals surface area (Å²) in [6.07, 6.45) is 2.58. The average Bonchev–Trinajstić information content (AvgIpc) is 2.99. The summed E-state index contributed by atoms with van der Waals surface area (Å²) < 4.78 is 0. The van der Waals surface area contributed by atoms with E-state index in [-0.39, 0.29) is 0 Å². The monoisotopic (exact) mass is 191 g/mol. The Morgan fingerprint density at radius 2 is 2.29 bits per heavy atom. The number of anilines is 1. The molecule has 14 heavy (non-hydrogen) atoms. The molecular weight excluding hydrogens is 174 g/mol. The molecule has 1 aromatic heterocycles. The average molecular weight is 191 g/mol. The van der Waals surface area contributed by atoms with Crippen molar-refractivity contribution in [3.63, 3.8) is 0 Å². The molecule has 0 unspecified atom stereocenters. The largest absolute Gasteiger partial charge is 0.367 e. The Morgan fingerprint density at radius 1 is 1.43 bits per heavy atom. The van der Waals surface area contributed by atoms with Crippen LogP contribution in [0.4, 0.5) is 5.82 Å². The standard InChI is InChI=1S/C11H17N3/c1-2-12-8-10-4-3-5-11(14-10)13-9-6-7-9/h3-5,9,12H,2,6-8H2,1H3,(H,13,14). The zero-order chi connectivity index (χ0) is 9.80. The van der Waals surface area contributed by atoms with Gasteiger partial charge in [0.25, 0.3) is 0 Å².